The van der Waals surface area contributed by atoms with Crippen LogP contribution in [0.1, 0.15) is 17.5 Å². The summed E-state index contributed by atoms with van der Waals surface area (Å²) in [6.07, 6.45) is 1.43. The Morgan fingerprint density at radius 3 is 3.00 bits per heavy atom. The molecule has 0 N–H and O–H groups in total. The van der Waals surface area contributed by atoms with Crippen molar-refractivity contribution in [3.63, 3.8) is 0 Å². The molecule has 4 heteroatoms. The lowest BCUT2D eigenvalue weighted by Gasteiger charge is -1.95. The lowest BCUT2D eigenvalue weighted by Crippen LogP contribution is -2.08. The molecule has 54 valence electrons. The fourth-order valence-electron chi connectivity index (χ4n) is 0.549. The monoisotopic (exact) mass is 157 g/mol. The predicted octanol–water partition coefficient (Wildman–Crippen LogP) is 1.18. The van der Waals surface area contributed by atoms with E-state index in [0.717, 1.165) is 0 Å². The van der Waals surface area contributed by atoms with Crippen molar-refractivity contribution in [3.8, 4) is 0 Å². The molecule has 0 spiro atoms. The molecule has 0 saturated heterocycles. The van der Waals surface area contributed by atoms with E-state index in [1.54, 1.807) is 6.92 Å². The molecular weight excluding hydrogens is 150 g/mol. The third-order valence-electron chi connectivity index (χ3n) is 1.06. The van der Waals surface area contributed by atoms with Crippen LogP contribution < -0.4 is 0 Å². The Morgan fingerprint density at radius 2 is 2.60 bits per heavy atom. The van der Waals surface area contributed by atoms with Gasteiger partial charge in [-0.3, -0.25) is 4.79 Å². The Hall–Kier alpha value is -0.770. The van der Waals surface area contributed by atoms with E-state index in [0.29, 0.717) is 0 Å². The van der Waals surface area contributed by atoms with E-state index in [2.05, 4.69) is 22.3 Å². The Morgan fingerprint density at radius 1 is 1.90 bits per heavy atom. The standard InChI is InChI=1S/C6H7NO2S/c1-4(10)6(8)5-2-3-7-9-5/h2-4,10H,1H3. The fourth-order valence-corrected chi connectivity index (χ4v) is 0.676. The molecule has 0 aromatic carbocycles. The predicted molar refractivity (Wildman–Crippen MR) is 39.3 cm³/mol. The summed E-state index contributed by atoms with van der Waals surface area (Å²) < 4.78 is 4.61. The lowest BCUT2D eigenvalue weighted by atomic mass is 10.2. The zero-order valence-electron chi connectivity index (χ0n) is 5.44. The second kappa shape index (κ2) is 2.88. The van der Waals surface area contributed by atoms with E-state index in [1.807, 2.05) is 0 Å². The average Bonchev–Trinajstić information content (AvgIpc) is 2.36. The highest BCUT2D eigenvalue weighted by Crippen LogP contribution is 2.05. The van der Waals surface area contributed by atoms with Crippen molar-refractivity contribution in [1.82, 2.24) is 5.16 Å². The van der Waals surface area contributed by atoms with E-state index in [-0.39, 0.29) is 16.8 Å². The summed E-state index contributed by atoms with van der Waals surface area (Å²) in [6.45, 7) is 1.69. The van der Waals surface area contributed by atoms with Crippen molar-refractivity contribution >= 4 is 18.4 Å². The van der Waals surface area contributed by atoms with Crippen molar-refractivity contribution in [2.24, 2.45) is 0 Å². The van der Waals surface area contributed by atoms with Gasteiger partial charge in [-0.15, -0.1) is 0 Å². The first-order chi connectivity index (χ1) is 4.72. The molecule has 1 aromatic heterocycles. The number of Topliss-reactive ketones (excluding diaryl/α,β-unsaturated/α-hetero) is 1. The number of carbonyl (C=O) groups excluding carboxylic acids is 1. The molecular formula is C6H7NO2S. The molecule has 0 bridgehead atoms. The topological polar surface area (TPSA) is 43.1 Å². The van der Waals surface area contributed by atoms with Crippen LogP contribution in [0.2, 0.25) is 0 Å². The van der Waals surface area contributed by atoms with Crippen LogP contribution >= 0.6 is 12.6 Å². The summed E-state index contributed by atoms with van der Waals surface area (Å²) in [7, 11) is 0. The van der Waals surface area contributed by atoms with Crippen LogP contribution in [0.15, 0.2) is 16.8 Å². The van der Waals surface area contributed by atoms with Crippen LogP contribution in [0.5, 0.6) is 0 Å². The lowest BCUT2D eigenvalue weighted by molar-refractivity contribution is 0.0959. The molecule has 0 aliphatic rings. The van der Waals surface area contributed by atoms with Crippen LogP contribution in [0, 0.1) is 0 Å². The van der Waals surface area contributed by atoms with Gasteiger partial charge >= 0.3 is 0 Å². The highest BCUT2D eigenvalue weighted by atomic mass is 32.1. The molecule has 0 radical (unpaired) electrons. The van der Waals surface area contributed by atoms with Crippen LogP contribution in [0.4, 0.5) is 0 Å². The van der Waals surface area contributed by atoms with Gasteiger partial charge in [0, 0.05) is 6.07 Å². The summed E-state index contributed by atoms with van der Waals surface area (Å²) in [5.74, 6) is 0.128. The van der Waals surface area contributed by atoms with E-state index < -0.39 is 0 Å². The third-order valence-corrected chi connectivity index (χ3v) is 1.29. The summed E-state index contributed by atoms with van der Waals surface area (Å²) in [5, 5.41) is 3.07. The number of rotatable bonds is 2. The molecule has 0 aliphatic heterocycles. The van der Waals surface area contributed by atoms with E-state index in [4.69, 9.17) is 0 Å². The van der Waals surface area contributed by atoms with Gasteiger partial charge in [0.25, 0.3) is 0 Å². The summed E-state index contributed by atoms with van der Waals surface area (Å²) in [4.78, 5) is 11.0. The fraction of sp³-hybridized carbons (Fsp3) is 0.333. The number of hydrogen-bond acceptors (Lipinski definition) is 4. The molecule has 0 fully saturated rings. The van der Waals surface area contributed by atoms with Gasteiger partial charge in [-0.1, -0.05) is 5.16 Å². The van der Waals surface area contributed by atoms with E-state index in [9.17, 15) is 4.79 Å². The maximum absolute atomic E-state index is 11.0. The maximum Gasteiger partial charge on any atom is 0.213 e. The molecule has 0 aliphatic carbocycles. The minimum Gasteiger partial charge on any atom is -0.353 e. The highest BCUT2D eigenvalue weighted by molar-refractivity contribution is 7.81. The van der Waals surface area contributed by atoms with Gasteiger partial charge in [0.1, 0.15) is 0 Å². The highest BCUT2D eigenvalue weighted by Gasteiger charge is 2.13. The van der Waals surface area contributed by atoms with Gasteiger partial charge in [0.2, 0.25) is 11.5 Å². The van der Waals surface area contributed by atoms with Gasteiger partial charge in [-0.05, 0) is 6.92 Å². The Kier molecular flexibility index (Phi) is 2.11. The van der Waals surface area contributed by atoms with Crippen LogP contribution in [-0.2, 0) is 0 Å². The van der Waals surface area contributed by atoms with Crippen LogP contribution in [0.3, 0.4) is 0 Å². The molecule has 0 saturated carbocycles. The first-order valence-electron chi connectivity index (χ1n) is 2.85. The molecule has 10 heavy (non-hydrogen) atoms. The van der Waals surface area contributed by atoms with Gasteiger partial charge in [0.05, 0.1) is 11.4 Å². The minimum absolute atomic E-state index is 0.138. The smallest absolute Gasteiger partial charge is 0.213 e. The number of hydrogen-bond donors (Lipinski definition) is 1. The number of aromatic nitrogens is 1. The molecule has 0 amide bonds. The molecule has 1 aromatic rings. The zero-order chi connectivity index (χ0) is 7.56. The normalized spacial score (nSPS) is 13.0. The maximum atomic E-state index is 11.0. The van der Waals surface area contributed by atoms with Crippen molar-refractivity contribution < 1.29 is 9.32 Å². The van der Waals surface area contributed by atoms with Gasteiger partial charge in [0.15, 0.2) is 0 Å². The van der Waals surface area contributed by atoms with Crippen LogP contribution in [0.25, 0.3) is 0 Å². The molecule has 1 unspecified atom stereocenters. The van der Waals surface area contributed by atoms with Crippen molar-refractivity contribution in [3.05, 3.63) is 18.0 Å². The van der Waals surface area contributed by atoms with E-state index >= 15 is 0 Å². The van der Waals surface area contributed by atoms with Crippen molar-refractivity contribution in [2.45, 2.75) is 12.2 Å². The number of nitrogens with zero attached hydrogens (tertiary/aromatic N) is 1. The Bertz CT molecular complexity index is 218. The SMILES string of the molecule is CC(S)C(=O)c1ccno1. The van der Waals surface area contributed by atoms with Crippen molar-refractivity contribution in [2.75, 3.05) is 0 Å². The summed E-state index contributed by atoms with van der Waals surface area (Å²) >= 11 is 3.94. The van der Waals surface area contributed by atoms with Gasteiger partial charge in [-0.2, -0.15) is 12.6 Å². The van der Waals surface area contributed by atoms with Gasteiger partial charge < -0.3 is 4.52 Å². The second-order valence-electron chi connectivity index (χ2n) is 1.92. The zero-order valence-corrected chi connectivity index (χ0v) is 6.34. The Balaban J connectivity index is 2.78. The van der Waals surface area contributed by atoms with E-state index in [1.165, 1.54) is 12.3 Å². The first kappa shape index (κ1) is 7.34. The summed E-state index contributed by atoms with van der Waals surface area (Å²) in [6, 6.07) is 1.52. The Labute approximate surface area is 63.8 Å². The quantitative estimate of drug-likeness (QED) is 0.517. The first-order valence-corrected chi connectivity index (χ1v) is 3.36. The average molecular weight is 157 g/mol. The van der Waals surface area contributed by atoms with Crippen LogP contribution in [-0.4, -0.2) is 16.2 Å². The second-order valence-corrected chi connectivity index (χ2v) is 2.69. The largest absolute Gasteiger partial charge is 0.353 e. The minimum atomic E-state index is -0.326. The molecule has 1 heterocycles. The number of thiol groups is 1. The summed E-state index contributed by atoms with van der Waals surface area (Å²) in [5.41, 5.74) is 0. The molecule has 3 nitrogen and oxygen atoms in total. The molecule has 1 rings (SSSR count). The molecule has 1 atom stereocenters. The number of ketones is 1. The number of carbonyl (C=O) groups is 1. The third kappa shape index (κ3) is 1.39. The van der Waals surface area contributed by atoms with Crippen molar-refractivity contribution in [1.29, 1.82) is 0 Å². The van der Waals surface area contributed by atoms with Gasteiger partial charge in [-0.25, -0.2) is 0 Å².